The van der Waals surface area contributed by atoms with E-state index in [-0.39, 0.29) is 12.0 Å². The van der Waals surface area contributed by atoms with E-state index in [9.17, 15) is 4.79 Å². The second-order valence-corrected chi connectivity index (χ2v) is 10.5. The summed E-state index contributed by atoms with van der Waals surface area (Å²) in [4.78, 5) is 28.4. The van der Waals surface area contributed by atoms with Crippen LogP contribution in [0.2, 0.25) is 0 Å². The summed E-state index contributed by atoms with van der Waals surface area (Å²) in [6.07, 6.45) is 13.6. The van der Waals surface area contributed by atoms with Crippen LogP contribution in [0.1, 0.15) is 93.8 Å². The van der Waals surface area contributed by atoms with E-state index in [0.29, 0.717) is 11.8 Å². The lowest BCUT2D eigenvalue weighted by molar-refractivity contribution is -0.140. The fraction of sp³-hybridized carbons (Fsp3) is 0.808. The number of fused-ring (bicyclic) bond motifs is 1. The van der Waals surface area contributed by atoms with Gasteiger partial charge in [-0.15, -0.1) is 0 Å². The van der Waals surface area contributed by atoms with Crippen molar-refractivity contribution in [1.29, 1.82) is 0 Å². The summed E-state index contributed by atoms with van der Waals surface area (Å²) >= 11 is 0. The van der Waals surface area contributed by atoms with Crippen LogP contribution in [0.3, 0.4) is 0 Å². The first-order valence-corrected chi connectivity index (χ1v) is 13.2. The third-order valence-electron chi connectivity index (χ3n) is 8.22. The molecule has 32 heavy (non-hydrogen) atoms. The average molecular weight is 441 g/mol. The Morgan fingerprint density at radius 3 is 2.53 bits per heavy atom. The van der Waals surface area contributed by atoms with Crippen molar-refractivity contribution in [3.8, 4) is 0 Å². The minimum absolute atomic E-state index is 0.0500. The van der Waals surface area contributed by atoms with Crippen molar-refractivity contribution in [2.45, 2.75) is 90.0 Å². The molecule has 5 rings (SSSR count). The molecule has 1 amide bonds. The van der Waals surface area contributed by atoms with Gasteiger partial charge >= 0.3 is 0 Å². The van der Waals surface area contributed by atoms with E-state index < -0.39 is 0 Å². The van der Waals surface area contributed by atoms with Crippen LogP contribution < -0.4 is 4.90 Å². The zero-order chi connectivity index (χ0) is 21.9. The molecule has 0 bridgehead atoms. The molecule has 3 fully saturated rings. The highest BCUT2D eigenvalue weighted by molar-refractivity contribution is 5.79. The van der Waals surface area contributed by atoms with Crippen molar-refractivity contribution >= 4 is 11.7 Å². The molecule has 1 aliphatic carbocycles. The molecule has 1 aromatic rings. The molecule has 4 aliphatic rings. The topological polar surface area (TPSA) is 58.6 Å². The average Bonchev–Trinajstić information content (AvgIpc) is 2.85. The number of piperidine rings is 1. The lowest BCUT2D eigenvalue weighted by Crippen LogP contribution is -2.43. The van der Waals surface area contributed by atoms with Crippen LogP contribution in [-0.2, 0) is 16.0 Å². The van der Waals surface area contributed by atoms with Gasteiger partial charge in [-0.3, -0.25) is 4.79 Å². The number of carbonyl (C=O) groups is 1. The zero-order valence-corrected chi connectivity index (χ0v) is 19.9. The molecule has 4 heterocycles. The molecule has 6 nitrogen and oxygen atoms in total. The standard InChI is InChI=1S/C26H40N4O2/c1-19-22-10-7-14-29(18-20-12-16-32-17-13-20)25(22)28-24(27-19)23-11-5-6-15-30(23)26(31)21-8-3-2-4-9-21/h20-21,23H,2-18H2,1H3/t23-/m1/s1. The third kappa shape index (κ3) is 4.66. The monoisotopic (exact) mass is 440 g/mol. The Hall–Kier alpha value is -1.69. The van der Waals surface area contributed by atoms with Crippen LogP contribution in [-0.4, -0.2) is 53.6 Å². The summed E-state index contributed by atoms with van der Waals surface area (Å²) in [5, 5.41) is 0. The molecule has 1 aromatic heterocycles. The molecular weight excluding hydrogens is 400 g/mol. The molecule has 1 saturated carbocycles. The number of hydrogen-bond acceptors (Lipinski definition) is 5. The van der Waals surface area contributed by atoms with E-state index in [1.54, 1.807) is 0 Å². The third-order valence-corrected chi connectivity index (χ3v) is 8.22. The summed E-state index contributed by atoms with van der Waals surface area (Å²) in [5.74, 6) is 3.32. The normalized spacial score (nSPS) is 25.6. The van der Waals surface area contributed by atoms with Gasteiger partial charge in [0.2, 0.25) is 5.91 Å². The van der Waals surface area contributed by atoms with E-state index >= 15 is 0 Å². The van der Waals surface area contributed by atoms with Crippen LogP contribution in [0.15, 0.2) is 0 Å². The van der Waals surface area contributed by atoms with Crippen LogP contribution in [0.4, 0.5) is 5.82 Å². The van der Waals surface area contributed by atoms with Crippen LogP contribution in [0, 0.1) is 18.8 Å². The fourth-order valence-corrected chi connectivity index (χ4v) is 6.32. The van der Waals surface area contributed by atoms with E-state index in [1.807, 2.05) is 0 Å². The summed E-state index contributed by atoms with van der Waals surface area (Å²) < 4.78 is 5.58. The van der Waals surface area contributed by atoms with Crippen molar-refractivity contribution in [3.05, 3.63) is 17.1 Å². The number of aryl methyl sites for hydroxylation is 1. The molecular formula is C26H40N4O2. The van der Waals surface area contributed by atoms with Crippen LogP contribution >= 0.6 is 0 Å². The largest absolute Gasteiger partial charge is 0.381 e. The van der Waals surface area contributed by atoms with Gasteiger partial charge < -0.3 is 14.5 Å². The molecule has 0 N–H and O–H groups in total. The predicted molar refractivity (Wildman–Crippen MR) is 126 cm³/mol. The first-order valence-electron chi connectivity index (χ1n) is 13.2. The Labute approximate surface area is 193 Å². The molecule has 0 spiro atoms. The van der Waals surface area contributed by atoms with Gasteiger partial charge in [-0.1, -0.05) is 19.3 Å². The van der Waals surface area contributed by atoms with Gasteiger partial charge in [0.1, 0.15) is 5.82 Å². The van der Waals surface area contributed by atoms with Crippen molar-refractivity contribution in [2.75, 3.05) is 37.7 Å². The predicted octanol–water partition coefficient (Wildman–Crippen LogP) is 4.60. The maximum absolute atomic E-state index is 13.5. The SMILES string of the molecule is Cc1nc([C@H]2CCCCN2C(=O)C2CCCCC2)nc2c1CCCN2CC1CCOCC1. The minimum Gasteiger partial charge on any atom is -0.381 e. The van der Waals surface area contributed by atoms with Crippen molar-refractivity contribution in [3.63, 3.8) is 0 Å². The molecule has 0 unspecified atom stereocenters. The molecule has 0 radical (unpaired) electrons. The van der Waals surface area contributed by atoms with E-state index in [4.69, 9.17) is 14.7 Å². The van der Waals surface area contributed by atoms with Crippen LogP contribution in [0.5, 0.6) is 0 Å². The lowest BCUT2D eigenvalue weighted by atomic mass is 9.87. The Kier molecular flexibility index (Phi) is 6.96. The first-order chi connectivity index (χ1) is 15.7. The van der Waals surface area contributed by atoms with Gasteiger partial charge in [-0.05, 0) is 70.6 Å². The van der Waals surface area contributed by atoms with E-state index in [1.165, 1.54) is 31.2 Å². The number of amides is 1. The maximum Gasteiger partial charge on any atom is 0.226 e. The molecule has 3 aliphatic heterocycles. The molecule has 2 saturated heterocycles. The van der Waals surface area contributed by atoms with E-state index in [2.05, 4.69) is 16.7 Å². The van der Waals surface area contributed by atoms with Gasteiger partial charge in [0.15, 0.2) is 5.82 Å². The number of anilines is 1. The van der Waals surface area contributed by atoms with Crippen LogP contribution in [0.25, 0.3) is 0 Å². The Morgan fingerprint density at radius 1 is 0.938 bits per heavy atom. The molecule has 1 atom stereocenters. The number of carbonyl (C=O) groups excluding carboxylic acids is 1. The maximum atomic E-state index is 13.5. The Bertz CT molecular complexity index is 801. The van der Waals surface area contributed by atoms with Gasteiger partial charge in [0.05, 0.1) is 6.04 Å². The number of ether oxygens (including phenoxy) is 1. The van der Waals surface area contributed by atoms with Crippen molar-refractivity contribution < 1.29 is 9.53 Å². The highest BCUT2D eigenvalue weighted by Crippen LogP contribution is 2.36. The number of rotatable bonds is 4. The van der Waals surface area contributed by atoms with Gasteiger partial charge in [0, 0.05) is 50.0 Å². The zero-order valence-electron chi connectivity index (χ0n) is 19.9. The Morgan fingerprint density at radius 2 is 1.72 bits per heavy atom. The fourth-order valence-electron chi connectivity index (χ4n) is 6.32. The second kappa shape index (κ2) is 10.1. The highest BCUT2D eigenvalue weighted by atomic mass is 16.5. The highest BCUT2D eigenvalue weighted by Gasteiger charge is 2.35. The summed E-state index contributed by atoms with van der Waals surface area (Å²) in [5.41, 5.74) is 2.45. The summed E-state index contributed by atoms with van der Waals surface area (Å²) in [6.45, 7) is 6.94. The first kappa shape index (κ1) is 22.1. The van der Waals surface area contributed by atoms with Gasteiger partial charge in [-0.25, -0.2) is 9.97 Å². The molecule has 0 aromatic carbocycles. The molecule has 176 valence electrons. The summed E-state index contributed by atoms with van der Waals surface area (Å²) in [7, 11) is 0. The van der Waals surface area contributed by atoms with Gasteiger partial charge in [0.25, 0.3) is 0 Å². The van der Waals surface area contributed by atoms with E-state index in [0.717, 1.165) is 102 Å². The number of hydrogen-bond donors (Lipinski definition) is 0. The molecule has 6 heteroatoms. The van der Waals surface area contributed by atoms with Crippen molar-refractivity contribution in [2.24, 2.45) is 11.8 Å². The Balaban J connectivity index is 1.40. The number of likely N-dealkylation sites (tertiary alicyclic amines) is 1. The van der Waals surface area contributed by atoms with Crippen molar-refractivity contribution in [1.82, 2.24) is 14.9 Å². The smallest absolute Gasteiger partial charge is 0.226 e. The number of aromatic nitrogens is 2. The quantitative estimate of drug-likeness (QED) is 0.685. The lowest BCUT2D eigenvalue weighted by Gasteiger charge is -2.39. The number of nitrogens with zero attached hydrogens (tertiary/aromatic N) is 4. The second-order valence-electron chi connectivity index (χ2n) is 10.5. The van der Waals surface area contributed by atoms with Gasteiger partial charge in [-0.2, -0.15) is 0 Å². The minimum atomic E-state index is 0.0500. The summed E-state index contributed by atoms with van der Waals surface area (Å²) in [6, 6.07) is 0.0500.